The number of para-hydroxylation sites is 1. The highest BCUT2D eigenvalue weighted by molar-refractivity contribution is 5.84. The molecule has 1 saturated heterocycles. The van der Waals surface area contributed by atoms with Crippen LogP contribution in [-0.4, -0.2) is 47.5 Å². The van der Waals surface area contributed by atoms with Gasteiger partial charge in [0.25, 0.3) is 0 Å². The van der Waals surface area contributed by atoms with Crippen LogP contribution in [0.15, 0.2) is 30.5 Å². The van der Waals surface area contributed by atoms with Gasteiger partial charge in [-0.15, -0.1) is 0 Å². The van der Waals surface area contributed by atoms with Crippen LogP contribution >= 0.6 is 0 Å². The Morgan fingerprint density at radius 2 is 2.04 bits per heavy atom. The summed E-state index contributed by atoms with van der Waals surface area (Å²) in [6, 6.07) is 9.07. The summed E-state index contributed by atoms with van der Waals surface area (Å²) >= 11 is 0. The number of hydrogen-bond donors (Lipinski definition) is 0. The molecule has 23 heavy (non-hydrogen) atoms. The molecule has 0 radical (unpaired) electrons. The van der Waals surface area contributed by atoms with Crippen LogP contribution in [0.1, 0.15) is 31.9 Å². The van der Waals surface area contributed by atoms with Gasteiger partial charge in [-0.05, 0) is 38.4 Å². The lowest BCUT2D eigenvalue weighted by atomic mass is 10.1. The smallest absolute Gasteiger partial charge is 0.226 e. The van der Waals surface area contributed by atoms with E-state index in [2.05, 4.69) is 53.8 Å². The number of nitrogens with zero attached hydrogens (tertiary/aromatic N) is 3. The minimum Gasteiger partial charge on any atom is -0.349 e. The van der Waals surface area contributed by atoms with Gasteiger partial charge >= 0.3 is 0 Å². The van der Waals surface area contributed by atoms with Crippen LogP contribution < -0.4 is 0 Å². The third-order valence-corrected chi connectivity index (χ3v) is 4.84. The summed E-state index contributed by atoms with van der Waals surface area (Å²) in [5.74, 6) is 0.417. The Labute approximate surface area is 138 Å². The standard InChI is InChI=1S/C19H27N3O/c1-14(2)22-13-16(17-7-5-6-8-18(17)22)12-21-10-9-15(11-21)19(23)20(3)4/h5-8,13-15H,9-12H2,1-4H3. The lowest BCUT2D eigenvalue weighted by Gasteiger charge is -2.18. The van der Waals surface area contributed by atoms with E-state index in [1.807, 2.05) is 14.1 Å². The second-order valence-electron chi connectivity index (χ2n) is 7.13. The first-order valence-corrected chi connectivity index (χ1v) is 8.49. The largest absolute Gasteiger partial charge is 0.349 e. The fourth-order valence-electron chi connectivity index (χ4n) is 3.61. The molecule has 2 heterocycles. The molecule has 3 rings (SSSR count). The fraction of sp³-hybridized carbons (Fsp3) is 0.526. The average molecular weight is 313 g/mol. The number of rotatable bonds is 4. The minimum absolute atomic E-state index is 0.156. The van der Waals surface area contributed by atoms with Gasteiger partial charge in [-0.1, -0.05) is 18.2 Å². The highest BCUT2D eigenvalue weighted by atomic mass is 16.2. The molecule has 1 aliphatic rings. The maximum atomic E-state index is 12.1. The van der Waals surface area contributed by atoms with Crippen molar-refractivity contribution in [2.24, 2.45) is 5.92 Å². The summed E-state index contributed by atoms with van der Waals surface area (Å²) in [7, 11) is 3.70. The Morgan fingerprint density at radius 3 is 2.74 bits per heavy atom. The number of carbonyl (C=O) groups excluding carboxylic acids is 1. The van der Waals surface area contributed by atoms with Crippen molar-refractivity contribution in [3.8, 4) is 0 Å². The zero-order valence-electron chi connectivity index (χ0n) is 14.6. The van der Waals surface area contributed by atoms with Gasteiger partial charge in [-0.3, -0.25) is 9.69 Å². The van der Waals surface area contributed by atoms with Gasteiger partial charge < -0.3 is 9.47 Å². The van der Waals surface area contributed by atoms with E-state index >= 15 is 0 Å². The number of amides is 1. The number of hydrogen-bond acceptors (Lipinski definition) is 2. The molecule has 1 fully saturated rings. The van der Waals surface area contributed by atoms with Crippen molar-refractivity contribution in [1.82, 2.24) is 14.4 Å². The summed E-state index contributed by atoms with van der Waals surface area (Å²) in [4.78, 5) is 16.3. The average Bonchev–Trinajstić information content (AvgIpc) is 3.12. The number of aromatic nitrogens is 1. The molecule has 0 spiro atoms. The molecule has 1 atom stereocenters. The van der Waals surface area contributed by atoms with Crippen molar-refractivity contribution in [2.75, 3.05) is 27.2 Å². The van der Waals surface area contributed by atoms with E-state index in [-0.39, 0.29) is 11.8 Å². The van der Waals surface area contributed by atoms with Crippen LogP contribution in [0, 0.1) is 5.92 Å². The van der Waals surface area contributed by atoms with Crippen LogP contribution in [0.5, 0.6) is 0 Å². The molecule has 4 heteroatoms. The zero-order valence-corrected chi connectivity index (χ0v) is 14.6. The van der Waals surface area contributed by atoms with Gasteiger partial charge in [0.15, 0.2) is 0 Å². The predicted octanol–water partition coefficient (Wildman–Crippen LogP) is 3.13. The van der Waals surface area contributed by atoms with Crippen molar-refractivity contribution >= 4 is 16.8 Å². The van der Waals surface area contributed by atoms with E-state index in [0.29, 0.717) is 6.04 Å². The van der Waals surface area contributed by atoms with Crippen molar-refractivity contribution in [3.05, 3.63) is 36.0 Å². The lowest BCUT2D eigenvalue weighted by Crippen LogP contribution is -2.31. The monoisotopic (exact) mass is 313 g/mol. The third-order valence-electron chi connectivity index (χ3n) is 4.84. The maximum Gasteiger partial charge on any atom is 0.226 e. The molecule has 0 saturated carbocycles. The Balaban J connectivity index is 1.79. The number of benzene rings is 1. The van der Waals surface area contributed by atoms with Crippen LogP contribution in [0.3, 0.4) is 0 Å². The third kappa shape index (κ3) is 3.13. The fourth-order valence-corrected chi connectivity index (χ4v) is 3.61. The number of carbonyl (C=O) groups is 1. The number of likely N-dealkylation sites (tertiary alicyclic amines) is 1. The van der Waals surface area contributed by atoms with Crippen molar-refractivity contribution in [2.45, 2.75) is 32.9 Å². The molecular formula is C19H27N3O. The highest BCUT2D eigenvalue weighted by Crippen LogP contribution is 2.27. The molecule has 1 amide bonds. The zero-order chi connectivity index (χ0) is 16.6. The Bertz CT molecular complexity index is 702. The van der Waals surface area contributed by atoms with E-state index in [4.69, 9.17) is 0 Å². The van der Waals surface area contributed by atoms with E-state index in [0.717, 1.165) is 26.1 Å². The van der Waals surface area contributed by atoms with E-state index in [1.54, 1.807) is 4.90 Å². The lowest BCUT2D eigenvalue weighted by molar-refractivity contribution is -0.132. The first-order chi connectivity index (χ1) is 11.0. The molecule has 1 unspecified atom stereocenters. The molecule has 1 aromatic heterocycles. The molecule has 124 valence electrons. The van der Waals surface area contributed by atoms with Gasteiger partial charge in [-0.2, -0.15) is 0 Å². The first kappa shape index (κ1) is 16.1. The Kier molecular flexibility index (Phi) is 4.44. The predicted molar refractivity (Wildman–Crippen MR) is 94.4 cm³/mol. The van der Waals surface area contributed by atoms with Crippen molar-refractivity contribution in [1.29, 1.82) is 0 Å². The quantitative estimate of drug-likeness (QED) is 0.867. The second-order valence-corrected chi connectivity index (χ2v) is 7.13. The molecule has 0 N–H and O–H groups in total. The van der Waals surface area contributed by atoms with E-state index in [9.17, 15) is 4.79 Å². The normalized spacial score (nSPS) is 18.9. The molecule has 2 aromatic rings. The van der Waals surface area contributed by atoms with Gasteiger partial charge in [0, 0.05) is 50.3 Å². The molecule has 0 bridgehead atoms. The topological polar surface area (TPSA) is 28.5 Å². The van der Waals surface area contributed by atoms with Crippen molar-refractivity contribution in [3.63, 3.8) is 0 Å². The SMILES string of the molecule is CC(C)n1cc(CN2CCC(C(=O)N(C)C)C2)c2ccccc21. The van der Waals surface area contributed by atoms with E-state index < -0.39 is 0 Å². The van der Waals surface area contributed by atoms with Gasteiger partial charge in [0.05, 0.1) is 5.92 Å². The molecular weight excluding hydrogens is 286 g/mol. The molecule has 0 aliphatic carbocycles. The van der Waals surface area contributed by atoms with Gasteiger partial charge in [0.2, 0.25) is 5.91 Å². The van der Waals surface area contributed by atoms with Crippen molar-refractivity contribution < 1.29 is 4.79 Å². The summed E-state index contributed by atoms with van der Waals surface area (Å²) in [6.45, 7) is 7.25. The second kappa shape index (κ2) is 6.36. The molecule has 1 aromatic carbocycles. The molecule has 4 nitrogen and oxygen atoms in total. The van der Waals surface area contributed by atoms with E-state index in [1.165, 1.54) is 16.5 Å². The van der Waals surface area contributed by atoms with Crippen LogP contribution in [0.2, 0.25) is 0 Å². The number of fused-ring (bicyclic) bond motifs is 1. The van der Waals surface area contributed by atoms with Crippen LogP contribution in [0.25, 0.3) is 10.9 Å². The Morgan fingerprint density at radius 1 is 1.30 bits per heavy atom. The van der Waals surface area contributed by atoms with Gasteiger partial charge in [0.1, 0.15) is 0 Å². The van der Waals surface area contributed by atoms with Crippen LogP contribution in [-0.2, 0) is 11.3 Å². The highest BCUT2D eigenvalue weighted by Gasteiger charge is 2.29. The van der Waals surface area contributed by atoms with Gasteiger partial charge in [-0.25, -0.2) is 0 Å². The van der Waals surface area contributed by atoms with Crippen LogP contribution in [0.4, 0.5) is 0 Å². The molecule has 1 aliphatic heterocycles. The first-order valence-electron chi connectivity index (χ1n) is 8.49. The summed E-state index contributed by atoms with van der Waals surface area (Å²) < 4.78 is 2.35. The summed E-state index contributed by atoms with van der Waals surface area (Å²) in [5, 5.41) is 1.34. The maximum absolute atomic E-state index is 12.1. The minimum atomic E-state index is 0.156. The summed E-state index contributed by atoms with van der Waals surface area (Å²) in [6.07, 6.45) is 3.26. The Hall–Kier alpha value is -1.81. The summed E-state index contributed by atoms with van der Waals surface area (Å²) in [5.41, 5.74) is 2.67.